The van der Waals surface area contributed by atoms with Crippen LogP contribution in [0.3, 0.4) is 0 Å². The maximum atomic E-state index is 15.1. The third kappa shape index (κ3) is 9.22. The molecule has 0 spiro atoms. The molecule has 1 aromatic carbocycles. The van der Waals surface area contributed by atoms with Gasteiger partial charge < -0.3 is 42.8 Å². The van der Waals surface area contributed by atoms with Crippen LogP contribution in [0.5, 0.6) is 0 Å². The predicted molar refractivity (Wildman–Crippen MR) is 235 cm³/mol. The smallest absolute Gasteiger partial charge is 0.306 e. The maximum Gasteiger partial charge on any atom is 0.306 e. The van der Waals surface area contributed by atoms with Crippen LogP contribution in [0, 0.1) is 30.6 Å². The lowest BCUT2D eigenvalue weighted by Crippen LogP contribution is -2.59. The first-order valence-electron chi connectivity index (χ1n) is 23.3. The van der Waals surface area contributed by atoms with E-state index in [1.54, 1.807) is 37.6 Å². The molecule has 14 heteroatoms. The number of hydrogen-bond acceptors (Lipinski definition) is 13. The normalized spacial score (nSPS) is 39.4. The van der Waals surface area contributed by atoms with E-state index in [4.69, 9.17) is 42.9 Å². The number of fused-ring (bicyclic) bond motifs is 8. The molecule has 2 aromatic rings. The van der Waals surface area contributed by atoms with E-state index in [-0.39, 0.29) is 96.3 Å². The van der Waals surface area contributed by atoms with Gasteiger partial charge in [-0.2, -0.15) is 0 Å². The van der Waals surface area contributed by atoms with E-state index in [0.29, 0.717) is 43.2 Å². The Hall–Kier alpha value is -3.08. The first-order valence-corrected chi connectivity index (χ1v) is 24.1. The van der Waals surface area contributed by atoms with Crippen molar-refractivity contribution in [2.75, 3.05) is 28.4 Å². The van der Waals surface area contributed by atoms with Crippen molar-refractivity contribution in [1.29, 1.82) is 0 Å². The second kappa shape index (κ2) is 19.8. The van der Waals surface area contributed by atoms with Crippen LogP contribution < -0.4 is 0 Å². The Balaban J connectivity index is 1.04. The van der Waals surface area contributed by atoms with E-state index in [1.165, 1.54) is 4.88 Å². The third-order valence-electron chi connectivity index (χ3n) is 15.2. The summed E-state index contributed by atoms with van der Waals surface area (Å²) in [5, 5.41) is 0.976. The minimum absolute atomic E-state index is 0.0106. The summed E-state index contributed by atoms with van der Waals surface area (Å²) in [7, 11) is 6.79. The number of hydrogen-bond donors (Lipinski definition) is 0. The second-order valence-corrected chi connectivity index (χ2v) is 20.0. The van der Waals surface area contributed by atoms with Crippen molar-refractivity contribution < 1.29 is 52.3 Å². The highest BCUT2D eigenvalue weighted by Gasteiger charge is 2.57. The van der Waals surface area contributed by atoms with Crippen LogP contribution in [0.1, 0.15) is 123 Å². The monoisotopic (exact) mass is 892 g/mol. The number of carbonyl (C=O) groups excluding carboxylic acids is 3. The van der Waals surface area contributed by atoms with Gasteiger partial charge in [-0.25, -0.2) is 4.98 Å². The minimum atomic E-state index is -0.651. The van der Waals surface area contributed by atoms with Gasteiger partial charge in [-0.05, 0) is 95.3 Å². The molecule has 0 bridgehead atoms. The van der Waals surface area contributed by atoms with E-state index in [9.17, 15) is 9.59 Å². The molecular formula is C49H68N2O11S. The number of thiazole rings is 1. The summed E-state index contributed by atoms with van der Waals surface area (Å²) in [6.07, 6.45) is 4.24. The topological polar surface area (TPSA) is 141 Å². The molecule has 17 atom stereocenters. The van der Waals surface area contributed by atoms with E-state index in [0.717, 1.165) is 30.0 Å². The van der Waals surface area contributed by atoms with Crippen molar-refractivity contribution in [1.82, 2.24) is 9.88 Å². The van der Waals surface area contributed by atoms with Gasteiger partial charge in [0.1, 0.15) is 24.4 Å². The summed E-state index contributed by atoms with van der Waals surface area (Å²) in [6.45, 7) is 10.0. The maximum absolute atomic E-state index is 15.1. The Bertz CT molecular complexity index is 1960. The number of methoxy groups -OCH3 is 3. The van der Waals surface area contributed by atoms with Crippen molar-refractivity contribution >= 4 is 29.0 Å². The number of esters is 1. The number of likely N-dealkylation sites (N-methyl/N-ethyl adjacent to an activating group) is 1. The average molecular weight is 893 g/mol. The molecule has 1 saturated carbocycles. The summed E-state index contributed by atoms with van der Waals surface area (Å²) in [4.78, 5) is 50.6. The molecule has 3 aliphatic carbocycles. The highest BCUT2D eigenvalue weighted by atomic mass is 32.1. The highest BCUT2D eigenvalue weighted by molar-refractivity contribution is 7.11. The Morgan fingerprint density at radius 3 is 2.33 bits per heavy atom. The number of amides is 1. The van der Waals surface area contributed by atoms with Crippen LogP contribution >= 0.6 is 11.3 Å². The number of cyclic esters (lactones) is 1. The fourth-order valence-electron chi connectivity index (χ4n) is 12.0. The molecule has 0 N–H and O–H groups in total. The number of rotatable bonds is 10. The van der Waals surface area contributed by atoms with Crippen LogP contribution in [-0.4, -0.2) is 123 Å². The number of allylic oxidation sites excluding steroid dienone is 2. The molecule has 3 unspecified atom stereocenters. The fraction of sp³-hybridized carbons (Fsp3) is 0.714. The van der Waals surface area contributed by atoms with Gasteiger partial charge in [-0.1, -0.05) is 38.1 Å². The lowest BCUT2D eigenvalue weighted by molar-refractivity contribution is -0.314. The molecule has 3 aliphatic heterocycles. The van der Waals surface area contributed by atoms with Gasteiger partial charge in [0.2, 0.25) is 0 Å². The zero-order valence-corrected chi connectivity index (χ0v) is 39.3. The van der Waals surface area contributed by atoms with Gasteiger partial charge in [0.05, 0.1) is 47.6 Å². The molecule has 4 heterocycles. The number of carbonyl (C=O) groups is 3. The van der Waals surface area contributed by atoms with Gasteiger partial charge in [-0.3, -0.25) is 14.4 Å². The highest BCUT2D eigenvalue weighted by Crippen LogP contribution is 2.62. The van der Waals surface area contributed by atoms with E-state index >= 15 is 4.79 Å². The van der Waals surface area contributed by atoms with E-state index < -0.39 is 30.7 Å². The Labute approximate surface area is 376 Å². The molecule has 1 aromatic heterocycles. The second-order valence-electron chi connectivity index (χ2n) is 18.8. The van der Waals surface area contributed by atoms with Crippen molar-refractivity contribution in [3.05, 3.63) is 63.1 Å². The lowest BCUT2D eigenvalue weighted by Gasteiger charge is -2.44. The number of ether oxygens (including phenoxy) is 8. The van der Waals surface area contributed by atoms with E-state index in [2.05, 4.69) is 13.0 Å². The Kier molecular flexibility index (Phi) is 14.6. The Morgan fingerprint density at radius 2 is 1.63 bits per heavy atom. The molecular weight excluding hydrogens is 825 g/mol. The summed E-state index contributed by atoms with van der Waals surface area (Å²) in [5.41, 5.74) is 2.34. The largest absolute Gasteiger partial charge is 0.462 e. The van der Waals surface area contributed by atoms with Gasteiger partial charge in [0, 0.05) is 68.9 Å². The van der Waals surface area contributed by atoms with Crippen molar-refractivity contribution in [3.8, 4) is 0 Å². The number of ketones is 1. The van der Waals surface area contributed by atoms with Crippen LogP contribution in [0.2, 0.25) is 0 Å². The summed E-state index contributed by atoms with van der Waals surface area (Å²) < 4.78 is 50.4. The van der Waals surface area contributed by atoms with Gasteiger partial charge >= 0.3 is 5.97 Å². The van der Waals surface area contributed by atoms with Crippen molar-refractivity contribution in [3.63, 3.8) is 0 Å². The first-order chi connectivity index (χ1) is 30.3. The number of aromatic nitrogens is 1. The predicted octanol–water partition coefficient (Wildman–Crippen LogP) is 7.54. The fourth-order valence-corrected chi connectivity index (χ4v) is 13.1. The van der Waals surface area contributed by atoms with Gasteiger partial charge in [0.15, 0.2) is 18.4 Å². The lowest BCUT2D eigenvalue weighted by atomic mass is 9.67. The molecule has 3 saturated heterocycles. The average Bonchev–Trinajstić information content (AvgIpc) is 3.99. The third-order valence-corrected chi connectivity index (χ3v) is 16.3. The molecule has 63 heavy (non-hydrogen) atoms. The summed E-state index contributed by atoms with van der Waals surface area (Å²) in [5.74, 6) is -0.966. The SMILES string of the molecule is CC[C@H]1CCC[C@H](O[C@H]2CC[C@H](N(C)C(=O)c3ccccc3)C(C)O2)[C@@H](C)C(=O)C2=C[C@H]3[C@@H]4C[C@H](O[C@@H]5OC(C)[C@H](OC)[C@@H](OC)C5OC)C[C@H]4c4sc(C)nc4[C@H]3[C@@H]2CC(=O)O1. The van der Waals surface area contributed by atoms with Gasteiger partial charge in [0.25, 0.3) is 5.91 Å². The zero-order chi connectivity index (χ0) is 44.7. The standard InChI is InChI=1S/C49H68N2O11S/c1-10-30-17-14-18-38(62-40-20-19-37(26(3)58-40)51(6)48(54)29-15-12-11-13-16-29)25(2)43(53)35-23-33-32-21-31(61-49-46(57-9)45(56-8)44(55-7)27(4)59-49)22-36(32)47-42(50-28(5)63-47)41(33)34(35)24-39(52)60-30/h11-13,15-16,23,25-27,30-34,36-38,40-41,44-46,49H,10,14,17-22,24H2,1-9H3/t25-,26?,27?,30+,31+,32+,33+,34-,36-,37+,38+,40+,41-,44+,45-,46?,49+/m1/s1. The first kappa shape index (κ1) is 46.4. The number of aryl methyl sites for hydroxylation is 1. The number of Topliss-reactive ketones (excluding diaryl/α,β-unsaturated/α-hetero) is 1. The summed E-state index contributed by atoms with van der Waals surface area (Å²) >= 11 is 1.73. The molecule has 6 aliphatic rings. The van der Waals surface area contributed by atoms with E-state index in [1.807, 2.05) is 65.1 Å². The molecule has 1 amide bonds. The van der Waals surface area contributed by atoms with Crippen LogP contribution in [0.25, 0.3) is 0 Å². The number of nitrogens with zero attached hydrogens (tertiary/aromatic N) is 2. The van der Waals surface area contributed by atoms with Crippen LogP contribution in [0.15, 0.2) is 42.0 Å². The van der Waals surface area contributed by atoms with Crippen molar-refractivity contribution in [2.45, 2.75) is 172 Å². The van der Waals surface area contributed by atoms with Crippen molar-refractivity contribution in [2.24, 2.45) is 23.7 Å². The molecule has 346 valence electrons. The Morgan fingerprint density at radius 1 is 0.889 bits per heavy atom. The minimum Gasteiger partial charge on any atom is -0.462 e. The molecule has 0 radical (unpaired) electrons. The van der Waals surface area contributed by atoms with Crippen LogP contribution in [-0.2, 0) is 47.5 Å². The quantitative estimate of drug-likeness (QED) is 0.218. The zero-order valence-electron chi connectivity index (χ0n) is 38.4. The van der Waals surface area contributed by atoms with Gasteiger partial charge in [-0.15, -0.1) is 11.3 Å². The summed E-state index contributed by atoms with van der Waals surface area (Å²) in [6, 6.07) is 9.19. The van der Waals surface area contributed by atoms with Crippen LogP contribution in [0.4, 0.5) is 0 Å². The molecule has 4 fully saturated rings. The molecule has 8 rings (SSSR count). The molecule has 13 nitrogen and oxygen atoms in total. The number of benzene rings is 1.